The molecule has 0 saturated carbocycles. The summed E-state index contributed by atoms with van der Waals surface area (Å²) in [5, 5.41) is 2.94. The van der Waals surface area contributed by atoms with E-state index in [1.165, 1.54) is 6.07 Å². The van der Waals surface area contributed by atoms with Gasteiger partial charge in [-0.2, -0.15) is 13.2 Å². The second-order valence-corrected chi connectivity index (χ2v) is 6.23. The smallest absolute Gasteiger partial charge is 0.384 e. The molecule has 28 heavy (non-hydrogen) atoms. The molecule has 6 nitrogen and oxygen atoms in total. The topological polar surface area (TPSA) is 81.7 Å². The van der Waals surface area contributed by atoms with Crippen molar-refractivity contribution >= 4 is 28.5 Å². The SMILES string of the molecule is Cn1c(Nc2cccc(C(F)(F)F)c2)nc2cnc(-c3ccc(N)nc3)cc21. The first-order valence-electron chi connectivity index (χ1n) is 8.30. The number of fused-ring (bicyclic) bond motifs is 1. The van der Waals surface area contributed by atoms with Gasteiger partial charge in [0.25, 0.3) is 0 Å². The molecule has 3 N–H and O–H groups in total. The van der Waals surface area contributed by atoms with Crippen LogP contribution < -0.4 is 11.1 Å². The van der Waals surface area contributed by atoms with Crippen molar-refractivity contribution in [3.63, 3.8) is 0 Å². The lowest BCUT2D eigenvalue weighted by molar-refractivity contribution is -0.137. The zero-order valence-electron chi connectivity index (χ0n) is 14.7. The molecule has 0 saturated heterocycles. The van der Waals surface area contributed by atoms with Crippen LogP contribution in [0.25, 0.3) is 22.3 Å². The van der Waals surface area contributed by atoms with Gasteiger partial charge in [-0.05, 0) is 36.4 Å². The molecule has 0 bridgehead atoms. The third kappa shape index (κ3) is 3.34. The minimum Gasteiger partial charge on any atom is -0.384 e. The molecule has 3 aromatic heterocycles. The molecular formula is C19H15F3N6. The van der Waals surface area contributed by atoms with E-state index < -0.39 is 11.7 Å². The van der Waals surface area contributed by atoms with Crippen LogP contribution in [0.5, 0.6) is 0 Å². The average Bonchev–Trinajstić information content (AvgIpc) is 2.97. The number of nitrogens with one attached hydrogen (secondary N) is 1. The van der Waals surface area contributed by atoms with Crippen molar-refractivity contribution in [2.75, 3.05) is 11.1 Å². The second-order valence-electron chi connectivity index (χ2n) is 6.23. The number of hydrogen-bond acceptors (Lipinski definition) is 5. The van der Waals surface area contributed by atoms with Gasteiger partial charge < -0.3 is 15.6 Å². The van der Waals surface area contributed by atoms with E-state index in [0.717, 1.165) is 23.2 Å². The molecule has 0 aliphatic rings. The maximum absolute atomic E-state index is 12.9. The number of nitrogen functional groups attached to an aromatic ring is 1. The lowest BCUT2D eigenvalue weighted by Crippen LogP contribution is -2.06. The van der Waals surface area contributed by atoms with Crippen molar-refractivity contribution in [2.24, 2.45) is 7.05 Å². The molecule has 0 unspecified atom stereocenters. The number of nitrogens with zero attached hydrogens (tertiary/aromatic N) is 4. The number of aryl methyl sites for hydroxylation is 1. The summed E-state index contributed by atoms with van der Waals surface area (Å²) in [7, 11) is 1.77. The first-order valence-corrected chi connectivity index (χ1v) is 8.30. The van der Waals surface area contributed by atoms with Crippen LogP contribution in [0.2, 0.25) is 0 Å². The maximum atomic E-state index is 12.9. The summed E-state index contributed by atoms with van der Waals surface area (Å²) in [5.74, 6) is 0.821. The van der Waals surface area contributed by atoms with E-state index in [2.05, 4.69) is 20.3 Å². The molecular weight excluding hydrogens is 369 g/mol. The monoisotopic (exact) mass is 384 g/mol. The van der Waals surface area contributed by atoms with Gasteiger partial charge in [0.2, 0.25) is 5.95 Å². The molecule has 0 aliphatic heterocycles. The standard InChI is InChI=1S/C19H15F3N6/c1-28-16-8-14(11-5-6-17(23)25-9-11)24-10-15(16)27-18(28)26-13-4-2-3-12(7-13)19(20,21)22/h2-10H,1H3,(H2,23,25)(H,26,27). The Morgan fingerprint density at radius 1 is 1.04 bits per heavy atom. The number of pyridine rings is 2. The first kappa shape index (κ1) is 17.8. The van der Waals surface area contributed by atoms with Crippen molar-refractivity contribution in [2.45, 2.75) is 6.18 Å². The number of hydrogen-bond donors (Lipinski definition) is 2. The number of halogens is 3. The maximum Gasteiger partial charge on any atom is 0.416 e. The van der Waals surface area contributed by atoms with Crippen molar-refractivity contribution in [1.29, 1.82) is 0 Å². The summed E-state index contributed by atoms with van der Waals surface area (Å²) in [6, 6.07) is 10.3. The van der Waals surface area contributed by atoms with E-state index >= 15 is 0 Å². The first-order chi connectivity index (χ1) is 13.3. The van der Waals surface area contributed by atoms with E-state index in [9.17, 15) is 13.2 Å². The highest BCUT2D eigenvalue weighted by Crippen LogP contribution is 2.32. The number of imidazole rings is 1. The Labute approximate surface area is 157 Å². The van der Waals surface area contributed by atoms with Gasteiger partial charge in [-0.15, -0.1) is 0 Å². The van der Waals surface area contributed by atoms with Crippen molar-refractivity contribution in [3.8, 4) is 11.3 Å². The van der Waals surface area contributed by atoms with E-state index in [4.69, 9.17) is 5.73 Å². The molecule has 0 radical (unpaired) electrons. The predicted octanol–water partition coefficient (Wildman–Crippen LogP) is 4.37. The molecule has 0 fully saturated rings. The average molecular weight is 384 g/mol. The van der Waals surface area contributed by atoms with Crippen LogP contribution in [-0.4, -0.2) is 19.5 Å². The molecule has 4 aromatic rings. The zero-order valence-corrected chi connectivity index (χ0v) is 14.7. The van der Waals surface area contributed by atoms with Crippen LogP contribution >= 0.6 is 0 Å². The molecule has 4 rings (SSSR count). The Morgan fingerprint density at radius 3 is 2.57 bits per heavy atom. The van der Waals surface area contributed by atoms with E-state index in [-0.39, 0.29) is 0 Å². The number of aromatic nitrogens is 4. The third-order valence-electron chi connectivity index (χ3n) is 4.30. The van der Waals surface area contributed by atoms with E-state index in [1.54, 1.807) is 36.1 Å². The Morgan fingerprint density at radius 2 is 1.86 bits per heavy atom. The largest absolute Gasteiger partial charge is 0.416 e. The van der Waals surface area contributed by atoms with Crippen LogP contribution in [0, 0.1) is 0 Å². The molecule has 0 aliphatic carbocycles. The summed E-state index contributed by atoms with van der Waals surface area (Å²) in [4.78, 5) is 12.9. The number of rotatable bonds is 3. The molecule has 0 amide bonds. The van der Waals surface area contributed by atoms with Crippen LogP contribution in [0.1, 0.15) is 5.56 Å². The fraction of sp³-hybridized carbons (Fsp3) is 0.105. The lowest BCUT2D eigenvalue weighted by Gasteiger charge is -2.10. The summed E-state index contributed by atoms with van der Waals surface area (Å²) in [6.07, 6.45) is -1.17. The normalized spacial score (nSPS) is 11.7. The second kappa shape index (κ2) is 6.52. The van der Waals surface area contributed by atoms with Gasteiger partial charge in [0.15, 0.2) is 0 Å². The minimum atomic E-state index is -4.41. The van der Waals surface area contributed by atoms with Gasteiger partial charge in [0, 0.05) is 24.5 Å². The van der Waals surface area contributed by atoms with Crippen LogP contribution in [0.15, 0.2) is 54.9 Å². The third-order valence-corrected chi connectivity index (χ3v) is 4.30. The van der Waals surface area contributed by atoms with Gasteiger partial charge >= 0.3 is 6.18 Å². The number of alkyl halides is 3. The van der Waals surface area contributed by atoms with Crippen molar-refractivity contribution in [3.05, 3.63) is 60.4 Å². The molecule has 142 valence electrons. The predicted molar refractivity (Wildman–Crippen MR) is 101 cm³/mol. The van der Waals surface area contributed by atoms with Crippen LogP contribution in [0.4, 0.5) is 30.6 Å². The molecule has 1 aromatic carbocycles. The van der Waals surface area contributed by atoms with Crippen molar-refractivity contribution in [1.82, 2.24) is 19.5 Å². The van der Waals surface area contributed by atoms with Gasteiger partial charge in [-0.3, -0.25) is 4.98 Å². The van der Waals surface area contributed by atoms with Gasteiger partial charge in [-0.1, -0.05) is 6.07 Å². The van der Waals surface area contributed by atoms with Gasteiger partial charge in [0.1, 0.15) is 11.3 Å². The number of nitrogens with two attached hydrogens (primary N) is 1. The highest BCUT2D eigenvalue weighted by atomic mass is 19.4. The minimum absolute atomic E-state index is 0.296. The van der Waals surface area contributed by atoms with Crippen molar-refractivity contribution < 1.29 is 13.2 Å². The molecule has 3 heterocycles. The van der Waals surface area contributed by atoms with Gasteiger partial charge in [-0.25, -0.2) is 9.97 Å². The number of anilines is 3. The van der Waals surface area contributed by atoms with Crippen LogP contribution in [0.3, 0.4) is 0 Å². The fourth-order valence-corrected chi connectivity index (χ4v) is 2.82. The fourth-order valence-electron chi connectivity index (χ4n) is 2.82. The van der Waals surface area contributed by atoms with Gasteiger partial charge in [0.05, 0.1) is 23.0 Å². The van der Waals surface area contributed by atoms with E-state index in [1.807, 2.05) is 12.1 Å². The Balaban J connectivity index is 1.69. The summed E-state index contributed by atoms with van der Waals surface area (Å²) in [5.41, 5.74) is 8.05. The number of benzene rings is 1. The Bertz CT molecular complexity index is 1150. The zero-order chi connectivity index (χ0) is 19.9. The Hall–Kier alpha value is -3.62. The molecule has 9 heteroatoms. The molecule has 0 atom stereocenters. The highest BCUT2D eigenvalue weighted by molar-refractivity contribution is 5.82. The Kier molecular flexibility index (Phi) is 4.14. The molecule has 0 spiro atoms. The summed E-state index contributed by atoms with van der Waals surface area (Å²) >= 11 is 0. The summed E-state index contributed by atoms with van der Waals surface area (Å²) in [6.45, 7) is 0. The quantitative estimate of drug-likeness (QED) is 0.548. The van der Waals surface area contributed by atoms with E-state index in [0.29, 0.717) is 28.7 Å². The highest BCUT2D eigenvalue weighted by Gasteiger charge is 2.30. The summed E-state index contributed by atoms with van der Waals surface area (Å²) < 4.78 is 40.5. The lowest BCUT2D eigenvalue weighted by atomic mass is 10.2. The van der Waals surface area contributed by atoms with Crippen LogP contribution in [-0.2, 0) is 13.2 Å².